The van der Waals surface area contributed by atoms with E-state index in [0.29, 0.717) is 12.5 Å². The van der Waals surface area contributed by atoms with Gasteiger partial charge in [0, 0.05) is 13.0 Å². The quantitative estimate of drug-likeness (QED) is 0.747. The fraction of sp³-hybridized carbons (Fsp3) is 0.778. The van der Waals surface area contributed by atoms with Crippen molar-refractivity contribution >= 4 is 11.8 Å². The molecule has 0 bridgehead atoms. The number of nitrogens with two attached hydrogens (primary N) is 1. The van der Waals surface area contributed by atoms with E-state index in [1.807, 2.05) is 6.26 Å². The highest BCUT2D eigenvalue weighted by atomic mass is 32.2. The molecule has 80 valence electrons. The first kappa shape index (κ1) is 11.5. The van der Waals surface area contributed by atoms with Crippen LogP contribution in [0, 0.1) is 5.92 Å². The summed E-state index contributed by atoms with van der Waals surface area (Å²) in [6, 6.07) is 0. The summed E-state index contributed by atoms with van der Waals surface area (Å²) in [6.45, 7) is 5.98. The van der Waals surface area contributed by atoms with Gasteiger partial charge in [-0.2, -0.15) is 0 Å². The summed E-state index contributed by atoms with van der Waals surface area (Å²) in [5.41, 5.74) is 5.52. The zero-order valence-electron chi connectivity index (χ0n) is 9.03. The van der Waals surface area contributed by atoms with Crippen LogP contribution in [0.4, 0.5) is 0 Å². The third-order valence-corrected chi connectivity index (χ3v) is 2.56. The van der Waals surface area contributed by atoms with Crippen LogP contribution in [0.3, 0.4) is 0 Å². The van der Waals surface area contributed by atoms with Gasteiger partial charge in [0.05, 0.1) is 0 Å². The van der Waals surface area contributed by atoms with Gasteiger partial charge >= 0.3 is 0 Å². The first-order valence-electron chi connectivity index (χ1n) is 4.85. The number of hydrogen-bond donors (Lipinski definition) is 1. The lowest BCUT2D eigenvalue weighted by Crippen LogP contribution is -2.13. The molecule has 1 heterocycles. The molecular weight excluding hydrogens is 196 g/mol. The van der Waals surface area contributed by atoms with Gasteiger partial charge in [0.1, 0.15) is 5.82 Å². The Kier molecular flexibility index (Phi) is 4.41. The number of aromatic nitrogens is 3. The van der Waals surface area contributed by atoms with Gasteiger partial charge in [-0.3, -0.25) is 0 Å². The molecule has 1 rings (SSSR count). The lowest BCUT2D eigenvalue weighted by molar-refractivity contribution is 0.480. The molecule has 1 aromatic rings. The smallest absolute Gasteiger partial charge is 0.190 e. The Hall–Kier alpha value is -0.550. The first-order chi connectivity index (χ1) is 6.69. The van der Waals surface area contributed by atoms with Crippen molar-refractivity contribution in [1.29, 1.82) is 0 Å². The van der Waals surface area contributed by atoms with Crippen LogP contribution in [0.15, 0.2) is 5.16 Å². The van der Waals surface area contributed by atoms with Crippen LogP contribution in [0.1, 0.15) is 19.7 Å². The third kappa shape index (κ3) is 2.72. The lowest BCUT2D eigenvalue weighted by atomic mass is 10.2. The van der Waals surface area contributed by atoms with E-state index in [1.54, 1.807) is 11.8 Å². The van der Waals surface area contributed by atoms with Gasteiger partial charge in [0.15, 0.2) is 5.16 Å². The zero-order chi connectivity index (χ0) is 10.6. The molecule has 0 amide bonds. The highest BCUT2D eigenvalue weighted by Crippen LogP contribution is 2.15. The topological polar surface area (TPSA) is 56.7 Å². The number of nitrogens with zero attached hydrogens (tertiary/aromatic N) is 3. The van der Waals surface area contributed by atoms with Gasteiger partial charge in [-0.25, -0.2) is 0 Å². The summed E-state index contributed by atoms with van der Waals surface area (Å²) in [5.74, 6) is 1.61. The minimum Gasteiger partial charge on any atom is -0.330 e. The molecule has 5 heteroatoms. The molecule has 0 radical (unpaired) electrons. The third-order valence-electron chi connectivity index (χ3n) is 1.89. The molecule has 0 aliphatic heterocycles. The summed E-state index contributed by atoms with van der Waals surface area (Å²) in [5, 5.41) is 9.26. The maximum atomic E-state index is 5.52. The van der Waals surface area contributed by atoms with Gasteiger partial charge < -0.3 is 10.3 Å². The summed E-state index contributed by atoms with van der Waals surface area (Å²) in [7, 11) is 0. The molecule has 0 aliphatic rings. The van der Waals surface area contributed by atoms with Crippen molar-refractivity contribution in [3.63, 3.8) is 0 Å². The predicted octanol–water partition coefficient (Wildman–Crippen LogP) is 1.16. The Morgan fingerprint density at radius 3 is 2.64 bits per heavy atom. The molecule has 0 spiro atoms. The van der Waals surface area contributed by atoms with Crippen molar-refractivity contribution in [3.8, 4) is 0 Å². The van der Waals surface area contributed by atoms with Gasteiger partial charge in [-0.15, -0.1) is 10.2 Å². The Labute approximate surface area is 89.3 Å². The van der Waals surface area contributed by atoms with Crippen LogP contribution in [-0.4, -0.2) is 27.6 Å². The molecule has 4 nitrogen and oxygen atoms in total. The Bertz CT molecular complexity index is 282. The number of rotatable bonds is 5. The van der Waals surface area contributed by atoms with Crippen molar-refractivity contribution in [2.45, 2.75) is 32.0 Å². The van der Waals surface area contributed by atoms with E-state index in [4.69, 9.17) is 5.73 Å². The summed E-state index contributed by atoms with van der Waals surface area (Å²) in [6.07, 6.45) is 2.83. The van der Waals surface area contributed by atoms with Gasteiger partial charge in [-0.1, -0.05) is 25.6 Å². The van der Waals surface area contributed by atoms with Crippen LogP contribution in [0.2, 0.25) is 0 Å². The van der Waals surface area contributed by atoms with Crippen LogP contribution >= 0.6 is 11.8 Å². The highest BCUT2D eigenvalue weighted by Gasteiger charge is 2.11. The van der Waals surface area contributed by atoms with Crippen LogP contribution in [-0.2, 0) is 13.0 Å². The normalized spacial score (nSPS) is 11.2. The monoisotopic (exact) mass is 214 g/mol. The van der Waals surface area contributed by atoms with Crippen LogP contribution < -0.4 is 5.73 Å². The van der Waals surface area contributed by atoms with E-state index in [9.17, 15) is 0 Å². The first-order valence-corrected chi connectivity index (χ1v) is 6.07. The minimum absolute atomic E-state index is 0.605. The fourth-order valence-corrected chi connectivity index (χ4v) is 1.86. The maximum absolute atomic E-state index is 5.52. The number of thioether (sulfide) groups is 1. The van der Waals surface area contributed by atoms with E-state index in [-0.39, 0.29) is 0 Å². The van der Waals surface area contributed by atoms with Crippen molar-refractivity contribution < 1.29 is 0 Å². The van der Waals surface area contributed by atoms with Crippen molar-refractivity contribution in [1.82, 2.24) is 14.8 Å². The second kappa shape index (κ2) is 5.36. The number of hydrogen-bond acceptors (Lipinski definition) is 4. The summed E-state index contributed by atoms with van der Waals surface area (Å²) in [4.78, 5) is 0. The molecule has 0 saturated heterocycles. The largest absolute Gasteiger partial charge is 0.330 e. The molecule has 1 aromatic heterocycles. The molecule has 0 saturated carbocycles. The Morgan fingerprint density at radius 1 is 1.43 bits per heavy atom. The van der Waals surface area contributed by atoms with E-state index < -0.39 is 0 Å². The second-order valence-electron chi connectivity index (χ2n) is 3.65. The Balaban J connectivity index is 2.87. The van der Waals surface area contributed by atoms with E-state index in [2.05, 4.69) is 28.6 Å². The second-order valence-corrected chi connectivity index (χ2v) is 4.42. The van der Waals surface area contributed by atoms with Crippen molar-refractivity contribution in [2.24, 2.45) is 11.7 Å². The summed E-state index contributed by atoms with van der Waals surface area (Å²) < 4.78 is 2.17. The molecular formula is C9H18N4S. The van der Waals surface area contributed by atoms with Gasteiger partial charge in [0.2, 0.25) is 0 Å². The molecule has 0 fully saturated rings. The Morgan fingerprint density at radius 2 is 2.14 bits per heavy atom. The van der Waals surface area contributed by atoms with E-state index >= 15 is 0 Å². The standard InChI is InChI=1S/C9H18N4S/c1-7(2)6-13-8(4-5-10)11-12-9(13)14-3/h7H,4-6,10H2,1-3H3. The molecule has 0 aromatic carbocycles. The highest BCUT2D eigenvalue weighted by molar-refractivity contribution is 7.98. The average molecular weight is 214 g/mol. The molecule has 2 N–H and O–H groups in total. The summed E-state index contributed by atoms with van der Waals surface area (Å²) >= 11 is 1.63. The SMILES string of the molecule is CSc1nnc(CCN)n1CC(C)C. The zero-order valence-corrected chi connectivity index (χ0v) is 9.84. The van der Waals surface area contributed by atoms with E-state index in [0.717, 1.165) is 23.9 Å². The molecule has 14 heavy (non-hydrogen) atoms. The fourth-order valence-electron chi connectivity index (χ4n) is 1.33. The maximum Gasteiger partial charge on any atom is 0.190 e. The van der Waals surface area contributed by atoms with Crippen molar-refractivity contribution in [3.05, 3.63) is 5.82 Å². The molecule has 0 aliphatic carbocycles. The van der Waals surface area contributed by atoms with Crippen LogP contribution in [0.5, 0.6) is 0 Å². The van der Waals surface area contributed by atoms with Gasteiger partial charge in [-0.05, 0) is 18.7 Å². The van der Waals surface area contributed by atoms with E-state index in [1.165, 1.54) is 0 Å². The molecule has 0 atom stereocenters. The lowest BCUT2D eigenvalue weighted by Gasteiger charge is -2.10. The average Bonchev–Trinajstić information content (AvgIpc) is 2.48. The van der Waals surface area contributed by atoms with Crippen LogP contribution in [0.25, 0.3) is 0 Å². The van der Waals surface area contributed by atoms with Gasteiger partial charge in [0.25, 0.3) is 0 Å². The van der Waals surface area contributed by atoms with Crippen molar-refractivity contribution in [2.75, 3.05) is 12.8 Å². The predicted molar refractivity (Wildman–Crippen MR) is 59.4 cm³/mol. The molecule has 0 unspecified atom stereocenters. The minimum atomic E-state index is 0.605.